The van der Waals surface area contributed by atoms with E-state index in [4.69, 9.17) is 9.72 Å². The maximum Gasteiger partial charge on any atom is 0.253 e. The first kappa shape index (κ1) is 23.8. The molecule has 1 amide bonds. The number of para-hydroxylation sites is 1. The van der Waals surface area contributed by atoms with Crippen LogP contribution in [0.25, 0.3) is 10.2 Å². The third-order valence-electron chi connectivity index (χ3n) is 6.75. The van der Waals surface area contributed by atoms with Crippen molar-refractivity contribution in [3.05, 3.63) is 59.7 Å². The highest BCUT2D eigenvalue weighted by Gasteiger charge is 2.28. The van der Waals surface area contributed by atoms with Crippen molar-refractivity contribution in [2.75, 3.05) is 32.7 Å². The maximum atomic E-state index is 13.1. The predicted molar refractivity (Wildman–Crippen MR) is 141 cm³/mol. The average Bonchev–Trinajstić information content (AvgIpc) is 3.26. The number of hydrogen-bond acceptors (Lipinski definition) is 6. The van der Waals surface area contributed by atoms with Crippen molar-refractivity contribution in [3.63, 3.8) is 0 Å². The van der Waals surface area contributed by atoms with E-state index in [0.29, 0.717) is 18.1 Å². The predicted octanol–water partition coefficient (Wildman–Crippen LogP) is 5.55. The van der Waals surface area contributed by atoms with E-state index in [1.54, 1.807) is 23.1 Å². The Balaban J connectivity index is 1.10. The molecule has 0 saturated carbocycles. The molecule has 2 aliphatic heterocycles. The SMILES string of the molecule is CC1CN(CC2CCN(C(=O)c3ccc(CSc4nc5ccccc5s4)cc3)CC2)CC(C)O1. The van der Waals surface area contributed by atoms with Gasteiger partial charge in [0, 0.05) is 44.0 Å². The number of rotatable bonds is 6. The van der Waals surface area contributed by atoms with Crippen molar-refractivity contribution < 1.29 is 9.53 Å². The average molecular weight is 496 g/mol. The molecule has 0 aliphatic carbocycles. The fourth-order valence-corrected chi connectivity index (χ4v) is 7.13. The number of piperidine rings is 1. The second kappa shape index (κ2) is 10.8. The van der Waals surface area contributed by atoms with Gasteiger partial charge in [-0.25, -0.2) is 4.98 Å². The number of morpholine rings is 1. The zero-order valence-electron chi connectivity index (χ0n) is 20.0. The summed E-state index contributed by atoms with van der Waals surface area (Å²) in [5, 5.41) is 0. The molecule has 3 heterocycles. The molecule has 2 unspecified atom stereocenters. The van der Waals surface area contributed by atoms with Gasteiger partial charge in [-0.2, -0.15) is 0 Å². The number of aromatic nitrogens is 1. The lowest BCUT2D eigenvalue weighted by Gasteiger charge is -2.39. The normalized spacial score (nSPS) is 22.4. The van der Waals surface area contributed by atoms with E-state index < -0.39 is 0 Å². The van der Waals surface area contributed by atoms with Crippen LogP contribution >= 0.6 is 23.1 Å². The van der Waals surface area contributed by atoms with Gasteiger partial charge >= 0.3 is 0 Å². The second-order valence-electron chi connectivity index (χ2n) is 9.64. The summed E-state index contributed by atoms with van der Waals surface area (Å²) in [4.78, 5) is 22.3. The van der Waals surface area contributed by atoms with Crippen LogP contribution in [0.2, 0.25) is 0 Å². The molecule has 2 aliphatic rings. The van der Waals surface area contributed by atoms with Gasteiger partial charge in [-0.3, -0.25) is 9.69 Å². The fraction of sp³-hybridized carbons (Fsp3) is 0.481. The minimum absolute atomic E-state index is 0.164. The number of carbonyl (C=O) groups is 1. The summed E-state index contributed by atoms with van der Waals surface area (Å²) in [6.45, 7) is 9.20. The van der Waals surface area contributed by atoms with Crippen molar-refractivity contribution in [2.45, 2.75) is 49.0 Å². The Bertz CT molecular complexity index is 1070. The van der Waals surface area contributed by atoms with Gasteiger partial charge < -0.3 is 9.64 Å². The molecule has 0 bridgehead atoms. The summed E-state index contributed by atoms with van der Waals surface area (Å²) in [5.41, 5.74) is 3.07. The highest BCUT2D eigenvalue weighted by atomic mass is 32.2. The lowest BCUT2D eigenvalue weighted by Crippen LogP contribution is -2.48. The van der Waals surface area contributed by atoms with E-state index in [1.807, 2.05) is 23.1 Å². The fourth-order valence-electron chi connectivity index (χ4n) is 5.10. The number of fused-ring (bicyclic) bond motifs is 1. The zero-order chi connectivity index (χ0) is 23.5. The number of hydrogen-bond donors (Lipinski definition) is 0. The smallest absolute Gasteiger partial charge is 0.253 e. The molecule has 5 nitrogen and oxygen atoms in total. The molecule has 2 atom stereocenters. The molecule has 5 rings (SSSR count). The minimum Gasteiger partial charge on any atom is -0.373 e. The van der Waals surface area contributed by atoms with Crippen LogP contribution in [0.4, 0.5) is 0 Å². The Hall–Kier alpha value is -1.93. The molecule has 2 fully saturated rings. The molecular formula is C27H33N3O2S2. The second-order valence-corrected chi connectivity index (χ2v) is 11.9. The largest absolute Gasteiger partial charge is 0.373 e. The number of benzene rings is 2. The number of likely N-dealkylation sites (tertiary alicyclic amines) is 1. The van der Waals surface area contributed by atoms with Gasteiger partial charge in [0.2, 0.25) is 0 Å². The first-order valence-electron chi connectivity index (χ1n) is 12.3. The summed E-state index contributed by atoms with van der Waals surface area (Å²) in [7, 11) is 0. The van der Waals surface area contributed by atoms with E-state index in [9.17, 15) is 4.79 Å². The summed E-state index contributed by atoms with van der Waals surface area (Å²) in [5.74, 6) is 1.69. The molecular weight excluding hydrogens is 462 g/mol. The van der Waals surface area contributed by atoms with Crippen LogP contribution in [0, 0.1) is 5.92 Å². The Kier molecular flexibility index (Phi) is 7.54. The number of nitrogens with zero attached hydrogens (tertiary/aromatic N) is 3. The van der Waals surface area contributed by atoms with Crippen LogP contribution in [-0.4, -0.2) is 65.6 Å². The minimum atomic E-state index is 0.164. The molecule has 7 heteroatoms. The van der Waals surface area contributed by atoms with Gasteiger partial charge in [0.25, 0.3) is 5.91 Å². The van der Waals surface area contributed by atoms with Crippen LogP contribution in [0.15, 0.2) is 52.9 Å². The van der Waals surface area contributed by atoms with Crippen LogP contribution in [-0.2, 0) is 10.5 Å². The van der Waals surface area contributed by atoms with Gasteiger partial charge in [-0.1, -0.05) is 36.0 Å². The standard InChI is InChI=1S/C27H33N3O2S2/c1-19-15-29(16-20(2)32-19)17-21-11-13-30(14-12-21)26(31)23-9-7-22(8-10-23)18-33-27-28-24-5-3-4-6-25(24)34-27/h3-10,19-21H,11-18H2,1-2H3. The third-order valence-corrected chi connectivity index (χ3v) is 9.00. The topological polar surface area (TPSA) is 45.7 Å². The highest BCUT2D eigenvalue weighted by molar-refractivity contribution is 8.00. The van der Waals surface area contributed by atoms with Crippen molar-refractivity contribution in [1.29, 1.82) is 0 Å². The zero-order valence-corrected chi connectivity index (χ0v) is 21.6. The Labute approximate surface area is 210 Å². The molecule has 3 aromatic rings. The summed E-state index contributed by atoms with van der Waals surface area (Å²) < 4.78 is 8.18. The summed E-state index contributed by atoms with van der Waals surface area (Å²) in [6.07, 6.45) is 2.80. The van der Waals surface area contributed by atoms with E-state index in [2.05, 4.69) is 49.1 Å². The van der Waals surface area contributed by atoms with E-state index in [-0.39, 0.29) is 5.91 Å². The van der Waals surface area contributed by atoms with Crippen LogP contribution in [0.3, 0.4) is 0 Å². The van der Waals surface area contributed by atoms with Gasteiger partial charge in [-0.15, -0.1) is 11.3 Å². The first-order valence-corrected chi connectivity index (χ1v) is 14.1. The number of amides is 1. The molecule has 1 aromatic heterocycles. The Morgan fingerprint density at radius 1 is 1.06 bits per heavy atom. The summed E-state index contributed by atoms with van der Waals surface area (Å²) in [6, 6.07) is 16.4. The van der Waals surface area contributed by atoms with Crippen molar-refractivity contribution in [3.8, 4) is 0 Å². The lowest BCUT2D eigenvalue weighted by molar-refractivity contribution is -0.0728. The van der Waals surface area contributed by atoms with Gasteiger partial charge in [-0.05, 0) is 62.4 Å². The quantitative estimate of drug-likeness (QED) is 0.420. The van der Waals surface area contributed by atoms with Crippen molar-refractivity contribution >= 4 is 39.2 Å². The van der Waals surface area contributed by atoms with Crippen molar-refractivity contribution in [2.24, 2.45) is 5.92 Å². The molecule has 0 radical (unpaired) electrons. The molecule has 0 spiro atoms. The maximum absolute atomic E-state index is 13.1. The van der Waals surface area contributed by atoms with Crippen LogP contribution in [0.1, 0.15) is 42.6 Å². The van der Waals surface area contributed by atoms with E-state index in [0.717, 1.165) is 66.7 Å². The number of thiazole rings is 1. The first-order chi connectivity index (χ1) is 16.5. The Morgan fingerprint density at radius 3 is 2.47 bits per heavy atom. The highest BCUT2D eigenvalue weighted by Crippen LogP contribution is 2.31. The third kappa shape index (κ3) is 5.82. The van der Waals surface area contributed by atoms with Crippen LogP contribution < -0.4 is 0 Å². The molecule has 2 aromatic carbocycles. The molecule has 2 saturated heterocycles. The lowest BCUT2D eigenvalue weighted by atomic mass is 9.95. The van der Waals surface area contributed by atoms with E-state index in [1.165, 1.54) is 10.3 Å². The molecule has 34 heavy (non-hydrogen) atoms. The number of carbonyl (C=O) groups excluding carboxylic acids is 1. The monoisotopic (exact) mass is 495 g/mol. The molecule has 180 valence electrons. The summed E-state index contributed by atoms with van der Waals surface area (Å²) >= 11 is 3.49. The van der Waals surface area contributed by atoms with Gasteiger partial charge in [0.1, 0.15) is 0 Å². The van der Waals surface area contributed by atoms with Gasteiger partial charge in [0.05, 0.1) is 22.4 Å². The van der Waals surface area contributed by atoms with E-state index >= 15 is 0 Å². The van der Waals surface area contributed by atoms with Crippen molar-refractivity contribution in [1.82, 2.24) is 14.8 Å². The molecule has 0 N–H and O–H groups in total. The number of ether oxygens (including phenoxy) is 1. The Morgan fingerprint density at radius 2 is 1.76 bits per heavy atom. The van der Waals surface area contributed by atoms with Gasteiger partial charge in [0.15, 0.2) is 4.34 Å². The van der Waals surface area contributed by atoms with Crippen LogP contribution in [0.5, 0.6) is 0 Å². The number of thioether (sulfide) groups is 1.